The first-order valence-corrected chi connectivity index (χ1v) is 7.36. The first-order valence-electron chi connectivity index (χ1n) is 7.36. The molecule has 110 valence electrons. The summed E-state index contributed by atoms with van der Waals surface area (Å²) in [6.45, 7) is 4.86. The molecule has 5 heteroatoms. The molecule has 1 fully saturated rings. The second kappa shape index (κ2) is 7.85. The van der Waals surface area contributed by atoms with E-state index in [-0.39, 0.29) is 5.91 Å². The number of hydrogen-bond donors (Lipinski definition) is 2. The van der Waals surface area contributed by atoms with Gasteiger partial charge in [0, 0.05) is 19.7 Å². The first kappa shape index (κ1) is 14.8. The molecule has 0 aromatic carbocycles. The number of aromatic nitrogens is 1. The third-order valence-electron chi connectivity index (χ3n) is 3.12. The first-order chi connectivity index (χ1) is 9.79. The van der Waals surface area contributed by atoms with Crippen molar-refractivity contribution in [2.75, 3.05) is 31.6 Å². The number of anilines is 1. The molecule has 0 bridgehead atoms. The van der Waals surface area contributed by atoms with Gasteiger partial charge in [-0.25, -0.2) is 4.98 Å². The molecule has 1 aromatic heterocycles. The van der Waals surface area contributed by atoms with Gasteiger partial charge >= 0.3 is 0 Å². The van der Waals surface area contributed by atoms with Crippen LogP contribution in [0.3, 0.4) is 0 Å². The minimum atomic E-state index is -0.153. The maximum atomic E-state index is 11.9. The lowest BCUT2D eigenvalue weighted by Crippen LogP contribution is -2.28. The van der Waals surface area contributed by atoms with Crippen LogP contribution in [0.5, 0.6) is 0 Å². The zero-order valence-corrected chi connectivity index (χ0v) is 12.0. The lowest BCUT2D eigenvalue weighted by atomic mass is 10.3. The van der Waals surface area contributed by atoms with Crippen LogP contribution in [0.25, 0.3) is 0 Å². The normalized spacial score (nSPS) is 14.1. The van der Waals surface area contributed by atoms with Crippen molar-refractivity contribution in [2.24, 2.45) is 5.92 Å². The van der Waals surface area contributed by atoms with Crippen molar-refractivity contribution in [1.29, 1.82) is 0 Å². The summed E-state index contributed by atoms with van der Waals surface area (Å²) in [6, 6.07) is 5.42. The van der Waals surface area contributed by atoms with Crippen LogP contribution in [0.4, 0.5) is 5.82 Å². The third-order valence-corrected chi connectivity index (χ3v) is 3.12. The van der Waals surface area contributed by atoms with Gasteiger partial charge in [-0.3, -0.25) is 4.79 Å². The van der Waals surface area contributed by atoms with Crippen molar-refractivity contribution < 1.29 is 9.53 Å². The Bertz CT molecular complexity index is 433. The average Bonchev–Trinajstić information content (AvgIpc) is 3.29. The van der Waals surface area contributed by atoms with Gasteiger partial charge in [0.15, 0.2) is 0 Å². The molecule has 5 nitrogen and oxygen atoms in total. The van der Waals surface area contributed by atoms with E-state index in [9.17, 15) is 4.79 Å². The number of rotatable bonds is 9. The lowest BCUT2D eigenvalue weighted by Gasteiger charge is -2.08. The molecule has 2 N–H and O–H groups in total. The summed E-state index contributed by atoms with van der Waals surface area (Å²) in [5.41, 5.74) is 0.438. The fraction of sp³-hybridized carbons (Fsp3) is 0.600. The standard InChI is InChI=1S/C15H23N3O2/c1-2-8-16-14-5-3-4-13(18-14)15(19)17-9-10-20-11-12-6-7-12/h3-5,12H,2,6-11H2,1H3,(H,16,18)(H,17,19). The second-order valence-corrected chi connectivity index (χ2v) is 5.11. The van der Waals surface area contributed by atoms with Crippen LogP contribution in [-0.4, -0.2) is 37.2 Å². The molecule has 2 rings (SSSR count). The molecule has 1 saturated carbocycles. The van der Waals surface area contributed by atoms with Gasteiger partial charge in [-0.15, -0.1) is 0 Å². The Kier molecular flexibility index (Phi) is 5.80. The van der Waals surface area contributed by atoms with E-state index in [1.807, 2.05) is 12.1 Å². The number of carbonyl (C=O) groups is 1. The smallest absolute Gasteiger partial charge is 0.270 e. The minimum absolute atomic E-state index is 0.153. The highest BCUT2D eigenvalue weighted by Gasteiger charge is 2.20. The van der Waals surface area contributed by atoms with E-state index >= 15 is 0 Å². The van der Waals surface area contributed by atoms with Gasteiger partial charge in [-0.2, -0.15) is 0 Å². The van der Waals surface area contributed by atoms with Gasteiger partial charge in [0.05, 0.1) is 6.61 Å². The van der Waals surface area contributed by atoms with Crippen LogP contribution in [0.1, 0.15) is 36.7 Å². The average molecular weight is 277 g/mol. The van der Waals surface area contributed by atoms with E-state index in [4.69, 9.17) is 4.74 Å². The maximum absolute atomic E-state index is 11.9. The molecule has 0 atom stereocenters. The largest absolute Gasteiger partial charge is 0.379 e. The molecular formula is C15H23N3O2. The summed E-state index contributed by atoms with van der Waals surface area (Å²) in [5, 5.41) is 5.99. The van der Waals surface area contributed by atoms with E-state index in [1.54, 1.807) is 6.07 Å². The van der Waals surface area contributed by atoms with Crippen LogP contribution in [0.2, 0.25) is 0 Å². The molecule has 0 saturated heterocycles. The molecule has 20 heavy (non-hydrogen) atoms. The predicted octanol–water partition coefficient (Wildman–Crippen LogP) is 2.06. The summed E-state index contributed by atoms with van der Waals surface area (Å²) >= 11 is 0. The highest BCUT2D eigenvalue weighted by atomic mass is 16.5. The van der Waals surface area contributed by atoms with Gasteiger partial charge in [-0.05, 0) is 37.3 Å². The monoisotopic (exact) mass is 277 g/mol. The molecule has 1 amide bonds. The zero-order valence-electron chi connectivity index (χ0n) is 12.0. The Balaban J connectivity index is 1.70. The van der Waals surface area contributed by atoms with E-state index in [1.165, 1.54) is 12.8 Å². The van der Waals surface area contributed by atoms with Crippen molar-refractivity contribution in [3.8, 4) is 0 Å². The SMILES string of the molecule is CCCNc1cccc(C(=O)NCCOCC2CC2)n1. The highest BCUT2D eigenvalue weighted by molar-refractivity contribution is 5.92. The maximum Gasteiger partial charge on any atom is 0.270 e. The van der Waals surface area contributed by atoms with Gasteiger partial charge < -0.3 is 15.4 Å². The Morgan fingerprint density at radius 3 is 3.00 bits per heavy atom. The Labute approximate surface area is 120 Å². The number of nitrogens with zero attached hydrogens (tertiary/aromatic N) is 1. The Morgan fingerprint density at radius 2 is 2.25 bits per heavy atom. The predicted molar refractivity (Wildman–Crippen MR) is 78.9 cm³/mol. The van der Waals surface area contributed by atoms with Crippen LogP contribution >= 0.6 is 0 Å². The quantitative estimate of drug-likeness (QED) is 0.678. The van der Waals surface area contributed by atoms with Gasteiger partial charge in [0.2, 0.25) is 0 Å². The van der Waals surface area contributed by atoms with Gasteiger partial charge in [0.1, 0.15) is 11.5 Å². The lowest BCUT2D eigenvalue weighted by molar-refractivity contribution is 0.0902. The third kappa shape index (κ3) is 5.17. The Morgan fingerprint density at radius 1 is 1.40 bits per heavy atom. The zero-order chi connectivity index (χ0) is 14.2. The number of hydrogen-bond acceptors (Lipinski definition) is 4. The van der Waals surface area contributed by atoms with E-state index in [2.05, 4.69) is 22.5 Å². The number of nitrogens with one attached hydrogen (secondary N) is 2. The molecule has 0 aliphatic heterocycles. The van der Waals surface area contributed by atoms with Crippen LogP contribution in [0, 0.1) is 5.92 Å². The number of amides is 1. The number of ether oxygens (including phenoxy) is 1. The fourth-order valence-corrected chi connectivity index (χ4v) is 1.77. The van der Waals surface area contributed by atoms with Crippen LogP contribution < -0.4 is 10.6 Å². The van der Waals surface area contributed by atoms with Crippen molar-refractivity contribution in [2.45, 2.75) is 26.2 Å². The second-order valence-electron chi connectivity index (χ2n) is 5.11. The molecule has 0 spiro atoms. The fourth-order valence-electron chi connectivity index (χ4n) is 1.77. The van der Waals surface area contributed by atoms with E-state index in [0.717, 1.165) is 31.3 Å². The van der Waals surface area contributed by atoms with E-state index in [0.29, 0.717) is 18.8 Å². The molecular weight excluding hydrogens is 254 g/mol. The summed E-state index contributed by atoms with van der Waals surface area (Å²) < 4.78 is 5.47. The van der Waals surface area contributed by atoms with Crippen molar-refractivity contribution in [3.05, 3.63) is 23.9 Å². The topological polar surface area (TPSA) is 63.2 Å². The van der Waals surface area contributed by atoms with Crippen molar-refractivity contribution in [3.63, 3.8) is 0 Å². The van der Waals surface area contributed by atoms with Crippen LogP contribution in [0.15, 0.2) is 18.2 Å². The van der Waals surface area contributed by atoms with E-state index < -0.39 is 0 Å². The van der Waals surface area contributed by atoms with Crippen molar-refractivity contribution >= 4 is 11.7 Å². The molecule has 1 heterocycles. The molecule has 1 aromatic rings. The molecule has 0 radical (unpaired) electrons. The Hall–Kier alpha value is -1.62. The summed E-state index contributed by atoms with van der Waals surface area (Å²) in [4.78, 5) is 16.2. The highest BCUT2D eigenvalue weighted by Crippen LogP contribution is 2.28. The molecule has 0 unspecified atom stereocenters. The summed E-state index contributed by atoms with van der Waals surface area (Å²) in [5.74, 6) is 1.35. The number of pyridine rings is 1. The van der Waals surface area contributed by atoms with Gasteiger partial charge in [0.25, 0.3) is 5.91 Å². The molecule has 1 aliphatic rings. The number of carbonyl (C=O) groups excluding carboxylic acids is 1. The molecule has 1 aliphatic carbocycles. The summed E-state index contributed by atoms with van der Waals surface area (Å²) in [6.07, 6.45) is 3.60. The van der Waals surface area contributed by atoms with Crippen LogP contribution in [-0.2, 0) is 4.74 Å². The summed E-state index contributed by atoms with van der Waals surface area (Å²) in [7, 11) is 0. The minimum Gasteiger partial charge on any atom is -0.379 e. The van der Waals surface area contributed by atoms with Gasteiger partial charge in [-0.1, -0.05) is 13.0 Å². The van der Waals surface area contributed by atoms with Crippen molar-refractivity contribution in [1.82, 2.24) is 10.3 Å².